The molecule has 0 aromatic carbocycles. The lowest BCUT2D eigenvalue weighted by Crippen LogP contribution is -2.38. The highest BCUT2D eigenvalue weighted by Gasteiger charge is 2.14. The van der Waals surface area contributed by atoms with Crippen LogP contribution in [0.5, 0.6) is 0 Å². The third-order valence-corrected chi connectivity index (χ3v) is 1.85. The molecule has 1 heterocycles. The van der Waals surface area contributed by atoms with E-state index in [4.69, 9.17) is 4.52 Å². The highest BCUT2D eigenvalue weighted by atomic mass is 16.5. The summed E-state index contributed by atoms with van der Waals surface area (Å²) in [7, 11) is 0. The highest BCUT2D eigenvalue weighted by molar-refractivity contribution is 5.76. The van der Waals surface area contributed by atoms with Crippen LogP contribution in [0.4, 0.5) is 0 Å². The normalized spacial score (nSPS) is 11.5. The minimum Gasteiger partial charge on any atom is -0.389 e. The van der Waals surface area contributed by atoms with Crippen molar-refractivity contribution in [2.45, 2.75) is 39.2 Å². The molecule has 0 spiro atoms. The van der Waals surface area contributed by atoms with Gasteiger partial charge < -0.3 is 14.9 Å². The lowest BCUT2D eigenvalue weighted by Gasteiger charge is -2.17. The largest absolute Gasteiger partial charge is 0.389 e. The number of carbonyl (C=O) groups is 1. The molecule has 0 atom stereocenters. The molecule has 0 unspecified atom stereocenters. The first-order chi connectivity index (χ1) is 7.37. The second-order valence-corrected chi connectivity index (χ2v) is 4.32. The first-order valence-corrected chi connectivity index (χ1v) is 5.15. The number of carbonyl (C=O) groups excluding carboxylic acids is 1. The zero-order valence-electron chi connectivity index (χ0n) is 9.78. The van der Waals surface area contributed by atoms with Gasteiger partial charge in [0.25, 0.3) is 0 Å². The molecule has 0 aliphatic rings. The highest BCUT2D eigenvalue weighted by Crippen LogP contribution is 2.01. The van der Waals surface area contributed by atoms with Crippen molar-refractivity contribution in [2.75, 3.05) is 6.54 Å². The van der Waals surface area contributed by atoms with E-state index in [0.29, 0.717) is 18.1 Å². The van der Waals surface area contributed by atoms with Crippen LogP contribution in [0.15, 0.2) is 4.52 Å². The Hall–Kier alpha value is -1.43. The fourth-order valence-electron chi connectivity index (χ4n) is 1.07. The van der Waals surface area contributed by atoms with Gasteiger partial charge in [-0.2, -0.15) is 4.98 Å². The minimum absolute atomic E-state index is 0.141. The van der Waals surface area contributed by atoms with Gasteiger partial charge in [0.05, 0.1) is 5.60 Å². The van der Waals surface area contributed by atoms with Crippen LogP contribution in [0.2, 0.25) is 0 Å². The lowest BCUT2D eigenvalue weighted by atomic mass is 10.1. The number of aryl methyl sites for hydroxylation is 2. The molecule has 90 valence electrons. The van der Waals surface area contributed by atoms with E-state index >= 15 is 0 Å². The molecular weight excluding hydrogens is 210 g/mol. The average molecular weight is 227 g/mol. The van der Waals surface area contributed by atoms with Crippen molar-refractivity contribution in [3.8, 4) is 0 Å². The van der Waals surface area contributed by atoms with Crippen LogP contribution < -0.4 is 5.32 Å². The summed E-state index contributed by atoms with van der Waals surface area (Å²) >= 11 is 0. The minimum atomic E-state index is -0.892. The monoisotopic (exact) mass is 227 g/mol. The molecule has 0 aliphatic heterocycles. The van der Waals surface area contributed by atoms with E-state index < -0.39 is 5.60 Å². The van der Waals surface area contributed by atoms with E-state index in [1.807, 2.05) is 0 Å². The molecule has 0 saturated heterocycles. The zero-order chi connectivity index (χ0) is 12.2. The van der Waals surface area contributed by atoms with Crippen LogP contribution in [-0.4, -0.2) is 33.3 Å². The van der Waals surface area contributed by atoms with Crippen molar-refractivity contribution >= 4 is 5.91 Å². The number of hydrogen-bond donors (Lipinski definition) is 2. The van der Waals surface area contributed by atoms with Crippen LogP contribution >= 0.6 is 0 Å². The molecule has 6 nitrogen and oxygen atoms in total. The SMILES string of the molecule is Cc1noc(CCC(=O)NCC(C)(C)O)n1. The smallest absolute Gasteiger partial charge is 0.227 e. The summed E-state index contributed by atoms with van der Waals surface area (Å²) in [6.45, 7) is 5.22. The van der Waals surface area contributed by atoms with Crippen LogP contribution in [0.1, 0.15) is 32.0 Å². The fourth-order valence-corrected chi connectivity index (χ4v) is 1.07. The predicted octanol–water partition coefficient (Wildman–Crippen LogP) is 0.198. The van der Waals surface area contributed by atoms with E-state index in [0.717, 1.165) is 0 Å². The summed E-state index contributed by atoms with van der Waals surface area (Å²) in [6.07, 6.45) is 0.691. The van der Waals surface area contributed by atoms with Crippen LogP contribution in [-0.2, 0) is 11.2 Å². The van der Waals surface area contributed by atoms with Crippen molar-refractivity contribution < 1.29 is 14.4 Å². The first-order valence-electron chi connectivity index (χ1n) is 5.15. The molecule has 0 aliphatic carbocycles. The van der Waals surface area contributed by atoms with Crippen LogP contribution in [0.3, 0.4) is 0 Å². The summed E-state index contributed by atoms with van der Waals surface area (Å²) in [4.78, 5) is 15.3. The van der Waals surface area contributed by atoms with Gasteiger partial charge in [0, 0.05) is 19.4 Å². The summed E-state index contributed by atoms with van der Waals surface area (Å²) in [5.41, 5.74) is -0.892. The molecule has 1 aromatic rings. The first kappa shape index (κ1) is 12.6. The summed E-state index contributed by atoms with van der Waals surface area (Å²) in [6, 6.07) is 0. The van der Waals surface area contributed by atoms with E-state index in [9.17, 15) is 9.90 Å². The summed E-state index contributed by atoms with van der Waals surface area (Å²) in [5, 5.41) is 15.6. The second kappa shape index (κ2) is 5.07. The molecule has 0 bridgehead atoms. The quantitative estimate of drug-likeness (QED) is 0.750. The van der Waals surface area contributed by atoms with Crippen molar-refractivity contribution in [1.82, 2.24) is 15.5 Å². The number of nitrogens with zero attached hydrogens (tertiary/aromatic N) is 2. The Morgan fingerprint density at radius 2 is 2.25 bits per heavy atom. The standard InChI is InChI=1S/C10H17N3O3/c1-7-12-9(16-13-7)5-4-8(14)11-6-10(2,3)15/h15H,4-6H2,1-3H3,(H,11,14). The van der Waals surface area contributed by atoms with Gasteiger partial charge in [0.2, 0.25) is 11.8 Å². The number of amides is 1. The average Bonchev–Trinajstić information content (AvgIpc) is 2.57. The Morgan fingerprint density at radius 3 is 2.75 bits per heavy atom. The van der Waals surface area contributed by atoms with Gasteiger partial charge in [-0.15, -0.1) is 0 Å². The molecular formula is C10H17N3O3. The van der Waals surface area contributed by atoms with Gasteiger partial charge in [-0.1, -0.05) is 5.16 Å². The Kier molecular flexibility index (Phi) is 4.00. The van der Waals surface area contributed by atoms with Gasteiger partial charge in [0.1, 0.15) is 0 Å². The second-order valence-electron chi connectivity index (χ2n) is 4.32. The molecule has 1 rings (SSSR count). The van der Waals surface area contributed by atoms with E-state index in [2.05, 4.69) is 15.5 Å². The molecule has 0 fully saturated rings. The van der Waals surface area contributed by atoms with Gasteiger partial charge >= 0.3 is 0 Å². The summed E-state index contributed by atoms with van der Waals surface area (Å²) in [5.74, 6) is 0.876. The number of rotatable bonds is 5. The maximum absolute atomic E-state index is 11.4. The Balaban J connectivity index is 2.25. The van der Waals surface area contributed by atoms with Gasteiger partial charge in [-0.05, 0) is 20.8 Å². The topological polar surface area (TPSA) is 88.2 Å². The molecule has 0 radical (unpaired) electrons. The maximum atomic E-state index is 11.4. The van der Waals surface area contributed by atoms with E-state index in [1.54, 1.807) is 20.8 Å². The molecule has 2 N–H and O–H groups in total. The predicted molar refractivity (Wildman–Crippen MR) is 56.7 cm³/mol. The molecule has 1 aromatic heterocycles. The molecule has 16 heavy (non-hydrogen) atoms. The Labute approximate surface area is 94.0 Å². The Bertz CT molecular complexity index is 354. The van der Waals surface area contributed by atoms with E-state index in [1.165, 1.54) is 0 Å². The van der Waals surface area contributed by atoms with Gasteiger partial charge in [-0.25, -0.2) is 0 Å². The number of nitrogens with one attached hydrogen (secondary N) is 1. The van der Waals surface area contributed by atoms with Gasteiger partial charge in [-0.3, -0.25) is 4.79 Å². The fraction of sp³-hybridized carbons (Fsp3) is 0.700. The lowest BCUT2D eigenvalue weighted by molar-refractivity contribution is -0.122. The van der Waals surface area contributed by atoms with Gasteiger partial charge in [0.15, 0.2) is 5.82 Å². The van der Waals surface area contributed by atoms with Crippen molar-refractivity contribution in [1.29, 1.82) is 0 Å². The molecule has 6 heteroatoms. The number of aliphatic hydroxyl groups is 1. The number of aromatic nitrogens is 2. The number of hydrogen-bond acceptors (Lipinski definition) is 5. The van der Waals surface area contributed by atoms with Crippen molar-refractivity contribution in [3.63, 3.8) is 0 Å². The van der Waals surface area contributed by atoms with E-state index in [-0.39, 0.29) is 18.9 Å². The third-order valence-electron chi connectivity index (χ3n) is 1.85. The van der Waals surface area contributed by atoms with Crippen molar-refractivity contribution in [3.05, 3.63) is 11.7 Å². The van der Waals surface area contributed by atoms with Crippen LogP contribution in [0, 0.1) is 6.92 Å². The Morgan fingerprint density at radius 1 is 1.56 bits per heavy atom. The summed E-state index contributed by atoms with van der Waals surface area (Å²) < 4.78 is 4.87. The zero-order valence-corrected chi connectivity index (χ0v) is 9.78. The van der Waals surface area contributed by atoms with Crippen LogP contribution in [0.25, 0.3) is 0 Å². The maximum Gasteiger partial charge on any atom is 0.227 e. The molecule has 1 amide bonds. The molecule has 0 saturated carbocycles. The third kappa shape index (κ3) is 4.88. The van der Waals surface area contributed by atoms with Crippen molar-refractivity contribution in [2.24, 2.45) is 0 Å².